The van der Waals surface area contributed by atoms with Gasteiger partial charge < -0.3 is 4.57 Å². The maximum absolute atomic E-state index is 15.4. The smallest absolute Gasteiger partial charge is 0.177 e. The third-order valence-corrected chi connectivity index (χ3v) is 10.2. The van der Waals surface area contributed by atoms with Crippen molar-refractivity contribution in [1.29, 1.82) is 0 Å². The standard InChI is InChI=1S/C31H26Cl3O3P/c1-31(2,3)30(36)28(29(35)20-7-5-4-6-8-20)26-19-23(34)13-18-27(26)38(37,24-14-9-21(32)10-15-24)25-16-11-22(33)12-17-25/h4-19,28H,1-3H3. The van der Waals surface area contributed by atoms with Crippen molar-refractivity contribution in [3.8, 4) is 0 Å². The van der Waals surface area contributed by atoms with E-state index in [1.54, 1.807) is 118 Å². The number of benzene rings is 4. The molecule has 7 heteroatoms. The van der Waals surface area contributed by atoms with Gasteiger partial charge in [0.05, 0.1) is 0 Å². The van der Waals surface area contributed by atoms with Gasteiger partial charge in [-0.1, -0.05) is 85.9 Å². The second kappa shape index (κ2) is 11.2. The molecular formula is C31H26Cl3O3P. The molecule has 194 valence electrons. The van der Waals surface area contributed by atoms with Crippen LogP contribution in [-0.4, -0.2) is 11.6 Å². The molecule has 0 amide bonds. The quantitative estimate of drug-likeness (QED) is 0.126. The van der Waals surface area contributed by atoms with Gasteiger partial charge in [-0.05, 0) is 72.3 Å². The van der Waals surface area contributed by atoms with Crippen molar-refractivity contribution >= 4 is 69.4 Å². The first kappa shape index (κ1) is 28.3. The van der Waals surface area contributed by atoms with Gasteiger partial charge in [-0.25, -0.2) is 0 Å². The molecule has 4 aromatic rings. The number of carbonyl (C=O) groups is 2. The van der Waals surface area contributed by atoms with Crippen molar-refractivity contribution in [3.63, 3.8) is 0 Å². The average Bonchev–Trinajstić information content (AvgIpc) is 2.89. The molecule has 0 aliphatic heterocycles. The van der Waals surface area contributed by atoms with Crippen molar-refractivity contribution in [2.45, 2.75) is 26.7 Å². The van der Waals surface area contributed by atoms with Gasteiger partial charge in [0.15, 0.2) is 18.7 Å². The number of hydrogen-bond donors (Lipinski definition) is 0. The fraction of sp³-hybridized carbons (Fsp3) is 0.161. The minimum Gasteiger partial charge on any atom is -0.309 e. The molecule has 0 bridgehead atoms. The lowest BCUT2D eigenvalue weighted by Gasteiger charge is -2.29. The van der Waals surface area contributed by atoms with E-state index in [1.807, 2.05) is 0 Å². The molecule has 0 spiro atoms. The summed E-state index contributed by atoms with van der Waals surface area (Å²) in [6, 6.07) is 27.0. The van der Waals surface area contributed by atoms with E-state index in [2.05, 4.69) is 0 Å². The highest BCUT2D eigenvalue weighted by molar-refractivity contribution is 7.85. The van der Waals surface area contributed by atoms with Crippen LogP contribution in [0.3, 0.4) is 0 Å². The fourth-order valence-electron chi connectivity index (χ4n) is 4.38. The van der Waals surface area contributed by atoms with Crippen molar-refractivity contribution < 1.29 is 14.2 Å². The van der Waals surface area contributed by atoms with E-state index in [1.165, 1.54) is 0 Å². The highest BCUT2D eigenvalue weighted by Gasteiger charge is 2.41. The molecule has 4 aromatic carbocycles. The van der Waals surface area contributed by atoms with E-state index < -0.39 is 18.5 Å². The molecule has 38 heavy (non-hydrogen) atoms. The Morgan fingerprint density at radius 2 is 1.16 bits per heavy atom. The Labute approximate surface area is 238 Å². The van der Waals surface area contributed by atoms with Gasteiger partial charge in [0.2, 0.25) is 0 Å². The van der Waals surface area contributed by atoms with Crippen LogP contribution in [0.4, 0.5) is 0 Å². The van der Waals surface area contributed by atoms with E-state index in [4.69, 9.17) is 34.8 Å². The number of hydrogen-bond acceptors (Lipinski definition) is 3. The normalized spacial score (nSPS) is 12.7. The van der Waals surface area contributed by atoms with Crippen LogP contribution >= 0.6 is 41.9 Å². The number of halogens is 3. The number of carbonyl (C=O) groups excluding carboxylic acids is 2. The SMILES string of the molecule is CC(C)(C)C(=O)C(C(=O)c1ccccc1)c1cc(Cl)ccc1P(=O)(c1ccc(Cl)cc1)c1ccc(Cl)cc1. The highest BCUT2D eigenvalue weighted by Crippen LogP contribution is 2.46. The summed E-state index contributed by atoms with van der Waals surface area (Å²) in [6.07, 6.45) is 0. The lowest BCUT2D eigenvalue weighted by atomic mass is 9.76. The maximum Gasteiger partial charge on any atom is 0.177 e. The van der Waals surface area contributed by atoms with Crippen LogP contribution < -0.4 is 15.9 Å². The first-order valence-electron chi connectivity index (χ1n) is 12.0. The molecule has 0 radical (unpaired) electrons. The van der Waals surface area contributed by atoms with Gasteiger partial charge in [-0.15, -0.1) is 0 Å². The van der Waals surface area contributed by atoms with E-state index in [-0.39, 0.29) is 11.6 Å². The summed E-state index contributed by atoms with van der Waals surface area (Å²) in [5.74, 6) is -1.90. The molecule has 0 aromatic heterocycles. The summed E-state index contributed by atoms with van der Waals surface area (Å²) < 4.78 is 15.4. The molecule has 0 fully saturated rings. The van der Waals surface area contributed by atoms with E-state index in [0.29, 0.717) is 42.1 Å². The van der Waals surface area contributed by atoms with E-state index >= 15 is 4.57 Å². The molecule has 3 nitrogen and oxygen atoms in total. The predicted molar refractivity (Wildman–Crippen MR) is 159 cm³/mol. The van der Waals surface area contributed by atoms with Crippen LogP contribution in [0.1, 0.15) is 42.6 Å². The highest BCUT2D eigenvalue weighted by atomic mass is 35.5. The molecule has 4 rings (SSSR count). The summed E-state index contributed by atoms with van der Waals surface area (Å²) in [4.78, 5) is 27.9. The zero-order valence-corrected chi connectivity index (χ0v) is 24.3. The Morgan fingerprint density at radius 1 is 0.684 bits per heavy atom. The van der Waals surface area contributed by atoms with E-state index in [0.717, 1.165) is 0 Å². The summed E-state index contributed by atoms with van der Waals surface area (Å²) in [6.45, 7) is 5.30. The molecule has 0 saturated heterocycles. The van der Waals surface area contributed by atoms with Crippen LogP contribution in [0.25, 0.3) is 0 Å². The third kappa shape index (κ3) is 5.67. The summed E-state index contributed by atoms with van der Waals surface area (Å²) in [7, 11) is -3.63. The Morgan fingerprint density at radius 3 is 1.63 bits per heavy atom. The average molecular weight is 584 g/mol. The molecule has 0 aliphatic rings. The third-order valence-electron chi connectivity index (χ3n) is 6.34. The minimum atomic E-state index is -3.63. The second-order valence-corrected chi connectivity index (χ2v) is 14.1. The van der Waals surface area contributed by atoms with Gasteiger partial charge in [-0.3, -0.25) is 9.59 Å². The predicted octanol–water partition coefficient (Wildman–Crippen LogP) is 7.87. The molecular weight excluding hydrogens is 558 g/mol. The second-order valence-electron chi connectivity index (χ2n) is 10.0. The maximum atomic E-state index is 15.4. The Hall–Kier alpha value is -2.68. The Kier molecular flexibility index (Phi) is 8.35. The van der Waals surface area contributed by atoms with Crippen molar-refractivity contribution in [2.24, 2.45) is 5.41 Å². The lowest BCUT2D eigenvalue weighted by Crippen LogP contribution is -2.37. The number of rotatable bonds is 7. The van der Waals surface area contributed by atoms with Gasteiger partial charge in [0, 0.05) is 42.0 Å². The largest absolute Gasteiger partial charge is 0.309 e. The first-order chi connectivity index (χ1) is 17.9. The fourth-order valence-corrected chi connectivity index (χ4v) is 7.64. The molecule has 1 atom stereocenters. The Balaban J connectivity index is 2.06. The molecule has 0 saturated carbocycles. The van der Waals surface area contributed by atoms with Gasteiger partial charge >= 0.3 is 0 Å². The summed E-state index contributed by atoms with van der Waals surface area (Å²) in [5, 5.41) is 2.68. The molecule has 1 unspecified atom stereocenters. The Bertz CT molecular complexity index is 1470. The zero-order chi connectivity index (χ0) is 27.7. The van der Waals surface area contributed by atoms with Crippen LogP contribution in [0.5, 0.6) is 0 Å². The van der Waals surface area contributed by atoms with Crippen molar-refractivity contribution in [1.82, 2.24) is 0 Å². The molecule has 0 heterocycles. The lowest BCUT2D eigenvalue weighted by molar-refractivity contribution is -0.126. The van der Waals surface area contributed by atoms with Crippen LogP contribution in [0.2, 0.25) is 15.1 Å². The zero-order valence-electron chi connectivity index (χ0n) is 21.1. The van der Waals surface area contributed by atoms with E-state index in [9.17, 15) is 9.59 Å². The minimum absolute atomic E-state index is 0.298. The number of ketones is 2. The van der Waals surface area contributed by atoms with Crippen LogP contribution in [0, 0.1) is 5.41 Å². The van der Waals surface area contributed by atoms with Gasteiger partial charge in [0.1, 0.15) is 5.92 Å². The summed E-state index contributed by atoms with van der Waals surface area (Å²) >= 11 is 18.8. The molecule has 0 aliphatic carbocycles. The number of Topliss-reactive ketones (excluding diaryl/α,β-unsaturated/α-hetero) is 2. The van der Waals surface area contributed by atoms with Gasteiger partial charge in [0.25, 0.3) is 0 Å². The van der Waals surface area contributed by atoms with Crippen molar-refractivity contribution in [2.75, 3.05) is 0 Å². The van der Waals surface area contributed by atoms with Gasteiger partial charge in [-0.2, -0.15) is 0 Å². The monoisotopic (exact) mass is 582 g/mol. The molecule has 0 N–H and O–H groups in total. The van der Waals surface area contributed by atoms with Crippen molar-refractivity contribution in [3.05, 3.63) is 123 Å². The van der Waals surface area contributed by atoms with Crippen LogP contribution in [-0.2, 0) is 9.36 Å². The topological polar surface area (TPSA) is 51.2 Å². The van der Waals surface area contributed by atoms with Crippen LogP contribution in [0.15, 0.2) is 97.1 Å². The summed E-state index contributed by atoms with van der Waals surface area (Å²) in [5.41, 5.74) is -0.160. The first-order valence-corrected chi connectivity index (χ1v) is 14.8.